The number of rotatable bonds is 7. The molecule has 2 aromatic rings. The zero-order valence-corrected chi connectivity index (χ0v) is 17.7. The van der Waals surface area contributed by atoms with E-state index in [1.807, 2.05) is 20.8 Å². The third-order valence-corrected chi connectivity index (χ3v) is 6.30. The molecule has 1 N–H and O–H groups in total. The van der Waals surface area contributed by atoms with Crippen LogP contribution in [0, 0.1) is 21.8 Å². The number of halogens is 2. The van der Waals surface area contributed by atoms with Crippen molar-refractivity contribution < 1.29 is 18.3 Å². The topological polar surface area (TPSA) is 94.4 Å². The number of nitrogens with one attached hydrogen (secondary N) is 1. The van der Waals surface area contributed by atoms with Crippen LogP contribution in [0.3, 0.4) is 0 Å². The maximum absolute atomic E-state index is 15.3. The molecule has 10 heteroatoms. The number of ether oxygens (including phenoxy) is 1. The Kier molecular flexibility index (Phi) is 6.21. The second-order valence-corrected chi connectivity index (χ2v) is 10.2. The fourth-order valence-electron chi connectivity index (χ4n) is 2.68. The SMILES string of the molecule is CC(C)(C)[S@@](=O)N[C@@H](c1ccc(Cl)c(Oc2ccc([N+](=O)[O-])nc2)c1F)C1CC1. The zero-order valence-electron chi connectivity index (χ0n) is 16.1. The van der Waals surface area contributed by atoms with E-state index in [0.717, 1.165) is 25.1 Å². The lowest BCUT2D eigenvalue weighted by Crippen LogP contribution is -2.36. The van der Waals surface area contributed by atoms with Crippen molar-refractivity contribution in [2.45, 2.75) is 44.4 Å². The Bertz CT molecular complexity index is 946. The number of hydrogen-bond donors (Lipinski definition) is 1. The highest BCUT2D eigenvalue weighted by molar-refractivity contribution is 7.84. The fourth-order valence-corrected chi connectivity index (χ4v) is 3.76. The van der Waals surface area contributed by atoms with Crippen LogP contribution in [0.4, 0.5) is 10.2 Å². The van der Waals surface area contributed by atoms with Crippen LogP contribution in [0.2, 0.25) is 5.02 Å². The second-order valence-electron chi connectivity index (χ2n) is 7.81. The lowest BCUT2D eigenvalue weighted by atomic mass is 10.0. The molecule has 156 valence electrons. The van der Waals surface area contributed by atoms with E-state index >= 15 is 4.39 Å². The first-order valence-electron chi connectivity index (χ1n) is 9.02. The molecule has 1 aliphatic rings. The first-order valence-corrected chi connectivity index (χ1v) is 10.5. The Labute approximate surface area is 175 Å². The Hall–Kier alpha value is -2.10. The minimum absolute atomic E-state index is 0.0519. The molecule has 2 atom stereocenters. The van der Waals surface area contributed by atoms with Crippen LogP contribution in [0.15, 0.2) is 30.5 Å². The van der Waals surface area contributed by atoms with Crippen molar-refractivity contribution >= 4 is 28.4 Å². The number of pyridine rings is 1. The van der Waals surface area contributed by atoms with Crippen LogP contribution < -0.4 is 9.46 Å². The van der Waals surface area contributed by atoms with E-state index < -0.39 is 32.5 Å². The van der Waals surface area contributed by atoms with E-state index in [2.05, 4.69) is 9.71 Å². The molecule has 0 bridgehead atoms. The molecule has 1 aliphatic carbocycles. The standard InChI is InChI=1S/C19H21ClFN3O4S/c1-19(2,3)29(27)23-17(11-4-5-11)13-7-8-14(20)18(16(13)21)28-12-6-9-15(22-10-12)24(25)26/h6-11,17,23H,4-5H2,1-3H3/t17-,29-/m1/s1. The summed E-state index contributed by atoms with van der Waals surface area (Å²) >= 11 is 6.14. The van der Waals surface area contributed by atoms with Gasteiger partial charge in [0.05, 0.1) is 26.8 Å². The van der Waals surface area contributed by atoms with Crippen molar-refractivity contribution in [2.75, 3.05) is 0 Å². The molecule has 0 aliphatic heterocycles. The first kappa shape index (κ1) is 21.6. The molecule has 3 rings (SSSR count). The summed E-state index contributed by atoms with van der Waals surface area (Å²) in [6, 6.07) is 5.12. The molecule has 0 unspecified atom stereocenters. The van der Waals surface area contributed by atoms with Crippen molar-refractivity contribution in [3.05, 3.63) is 57.0 Å². The summed E-state index contributed by atoms with van der Waals surface area (Å²) in [4.78, 5) is 13.7. The highest BCUT2D eigenvalue weighted by Crippen LogP contribution is 2.45. The van der Waals surface area contributed by atoms with Crippen LogP contribution in [0.1, 0.15) is 45.2 Å². The van der Waals surface area contributed by atoms with Gasteiger partial charge in [0.25, 0.3) is 0 Å². The maximum atomic E-state index is 15.3. The summed E-state index contributed by atoms with van der Waals surface area (Å²) in [6.07, 6.45) is 2.94. The Morgan fingerprint density at radius 2 is 2.03 bits per heavy atom. The molecule has 1 heterocycles. The quantitative estimate of drug-likeness (QED) is 0.477. The monoisotopic (exact) mass is 441 g/mol. The van der Waals surface area contributed by atoms with Gasteiger partial charge in [0, 0.05) is 11.6 Å². The van der Waals surface area contributed by atoms with E-state index in [1.54, 1.807) is 6.07 Å². The van der Waals surface area contributed by atoms with Crippen molar-refractivity contribution in [1.82, 2.24) is 9.71 Å². The molecule has 0 amide bonds. The number of benzene rings is 1. The molecule has 0 saturated heterocycles. The molecule has 7 nitrogen and oxygen atoms in total. The zero-order chi connectivity index (χ0) is 21.3. The minimum atomic E-state index is -1.38. The third kappa shape index (κ3) is 5.09. The van der Waals surface area contributed by atoms with Crippen molar-refractivity contribution in [2.24, 2.45) is 5.92 Å². The van der Waals surface area contributed by atoms with E-state index in [0.29, 0.717) is 5.56 Å². The summed E-state index contributed by atoms with van der Waals surface area (Å²) in [6.45, 7) is 5.53. The summed E-state index contributed by atoms with van der Waals surface area (Å²) in [5, 5.41) is 10.8. The molecule has 29 heavy (non-hydrogen) atoms. The normalized spacial score (nSPS) is 16.3. The Balaban J connectivity index is 1.91. The van der Waals surface area contributed by atoms with Gasteiger partial charge >= 0.3 is 5.82 Å². The minimum Gasteiger partial charge on any atom is -0.449 e. The van der Waals surface area contributed by atoms with Crippen LogP contribution in [0.25, 0.3) is 0 Å². The number of hydrogen-bond acceptors (Lipinski definition) is 5. The lowest BCUT2D eigenvalue weighted by molar-refractivity contribution is -0.389. The number of nitrogens with zero attached hydrogens (tertiary/aromatic N) is 2. The van der Waals surface area contributed by atoms with Gasteiger partial charge in [0.1, 0.15) is 0 Å². The van der Waals surface area contributed by atoms with Crippen LogP contribution in [-0.2, 0) is 11.0 Å². The van der Waals surface area contributed by atoms with Crippen molar-refractivity contribution in [1.29, 1.82) is 0 Å². The molecule has 0 spiro atoms. The van der Waals surface area contributed by atoms with Gasteiger partial charge in [-0.15, -0.1) is 0 Å². The smallest absolute Gasteiger partial charge is 0.363 e. The highest BCUT2D eigenvalue weighted by atomic mass is 35.5. The average molecular weight is 442 g/mol. The molecule has 1 saturated carbocycles. The third-order valence-electron chi connectivity index (χ3n) is 4.43. The van der Waals surface area contributed by atoms with Crippen molar-refractivity contribution in [3.8, 4) is 11.5 Å². The summed E-state index contributed by atoms with van der Waals surface area (Å²) in [7, 11) is -1.38. The van der Waals surface area contributed by atoms with Gasteiger partial charge in [-0.3, -0.25) is 0 Å². The van der Waals surface area contributed by atoms with E-state index in [4.69, 9.17) is 16.3 Å². The number of nitro groups is 1. The molecule has 1 fully saturated rings. The molecule has 0 radical (unpaired) electrons. The predicted molar refractivity (Wildman–Crippen MR) is 109 cm³/mol. The molecular weight excluding hydrogens is 421 g/mol. The van der Waals surface area contributed by atoms with E-state index in [1.165, 1.54) is 12.1 Å². The first-order chi connectivity index (χ1) is 13.6. The van der Waals surface area contributed by atoms with Gasteiger partial charge in [0.2, 0.25) is 0 Å². The van der Waals surface area contributed by atoms with Gasteiger partial charge in [-0.25, -0.2) is 13.3 Å². The van der Waals surface area contributed by atoms with Gasteiger partial charge in [-0.05, 0) is 61.6 Å². The predicted octanol–water partition coefficient (Wildman–Crippen LogP) is 5.08. The largest absolute Gasteiger partial charge is 0.449 e. The second kappa shape index (κ2) is 8.33. The molecule has 1 aromatic heterocycles. The lowest BCUT2D eigenvalue weighted by Gasteiger charge is -2.25. The van der Waals surface area contributed by atoms with Gasteiger partial charge in [0.15, 0.2) is 23.5 Å². The van der Waals surface area contributed by atoms with Crippen molar-refractivity contribution in [3.63, 3.8) is 0 Å². The number of aromatic nitrogens is 1. The molecule has 1 aromatic carbocycles. The van der Waals surface area contributed by atoms with E-state index in [-0.39, 0.29) is 28.3 Å². The van der Waals surface area contributed by atoms with Gasteiger partial charge < -0.3 is 14.9 Å². The van der Waals surface area contributed by atoms with E-state index in [9.17, 15) is 14.3 Å². The van der Waals surface area contributed by atoms with Crippen LogP contribution >= 0.6 is 11.6 Å². The van der Waals surface area contributed by atoms with Crippen LogP contribution in [0.5, 0.6) is 11.5 Å². The summed E-state index contributed by atoms with van der Waals surface area (Å²) in [5.41, 5.74) is 0.319. The van der Waals surface area contributed by atoms with Gasteiger partial charge in [-0.1, -0.05) is 17.7 Å². The summed E-state index contributed by atoms with van der Waals surface area (Å²) < 4.78 is 36.0. The average Bonchev–Trinajstić information content (AvgIpc) is 3.48. The summed E-state index contributed by atoms with van der Waals surface area (Å²) in [5.74, 6) is -0.922. The van der Waals surface area contributed by atoms with Gasteiger partial charge in [-0.2, -0.15) is 0 Å². The molecular formula is C19H21ClFN3O4S. The maximum Gasteiger partial charge on any atom is 0.363 e. The Morgan fingerprint density at radius 3 is 2.55 bits per heavy atom. The van der Waals surface area contributed by atoms with Crippen LogP contribution in [-0.4, -0.2) is 18.9 Å². The highest BCUT2D eigenvalue weighted by Gasteiger charge is 2.37. The fraction of sp³-hybridized carbons (Fsp3) is 0.421. The Morgan fingerprint density at radius 1 is 1.34 bits per heavy atom.